The summed E-state index contributed by atoms with van der Waals surface area (Å²) < 4.78 is 30.0. The minimum atomic E-state index is -2.66. The molecular weight excluding hydrogens is 270 g/mol. The maximum Gasteiger partial charge on any atom is 0.280 e. The minimum absolute atomic E-state index is 0.0558. The van der Waals surface area contributed by atoms with Gasteiger partial charge in [0.2, 0.25) is 5.88 Å². The Balaban J connectivity index is 3.25. The van der Waals surface area contributed by atoms with Gasteiger partial charge in [-0.2, -0.15) is 5.26 Å². The van der Waals surface area contributed by atoms with Crippen LogP contribution < -0.4 is 4.74 Å². The first-order chi connectivity index (χ1) is 7.10. The van der Waals surface area contributed by atoms with Gasteiger partial charge < -0.3 is 4.74 Å². The molecule has 0 aromatic carbocycles. The van der Waals surface area contributed by atoms with Crippen LogP contribution in [0.1, 0.15) is 17.7 Å². The zero-order valence-corrected chi connectivity index (χ0v) is 9.38. The molecule has 3 nitrogen and oxygen atoms in total. The van der Waals surface area contributed by atoms with Crippen molar-refractivity contribution < 1.29 is 13.5 Å². The molecular formula is C9H7BrF2N2O. The molecule has 1 heterocycles. The molecule has 0 amide bonds. The van der Waals surface area contributed by atoms with Gasteiger partial charge in [-0.3, -0.25) is 0 Å². The Morgan fingerprint density at radius 1 is 1.67 bits per heavy atom. The fraction of sp³-hybridized carbons (Fsp3) is 0.333. The van der Waals surface area contributed by atoms with E-state index in [4.69, 9.17) is 10.00 Å². The van der Waals surface area contributed by atoms with Crippen LogP contribution in [0, 0.1) is 11.3 Å². The van der Waals surface area contributed by atoms with Gasteiger partial charge >= 0.3 is 0 Å². The van der Waals surface area contributed by atoms with Gasteiger partial charge in [-0.05, 0) is 6.07 Å². The fourth-order valence-corrected chi connectivity index (χ4v) is 1.60. The van der Waals surface area contributed by atoms with Crippen LogP contribution in [-0.4, -0.2) is 12.1 Å². The summed E-state index contributed by atoms with van der Waals surface area (Å²) in [6.07, 6.45) is -2.60. The molecule has 0 saturated carbocycles. The van der Waals surface area contributed by atoms with Gasteiger partial charge in [0.25, 0.3) is 6.43 Å². The number of alkyl halides is 2. The molecule has 0 N–H and O–H groups in total. The molecule has 1 rings (SSSR count). The summed E-state index contributed by atoms with van der Waals surface area (Å²) in [5, 5.41) is 8.54. The summed E-state index contributed by atoms with van der Waals surface area (Å²) >= 11 is 3.10. The van der Waals surface area contributed by atoms with E-state index < -0.39 is 6.43 Å². The van der Waals surface area contributed by atoms with Crippen LogP contribution in [0.4, 0.5) is 8.78 Å². The summed E-state index contributed by atoms with van der Waals surface area (Å²) in [6, 6.07) is 3.11. The molecule has 0 aliphatic carbocycles. The van der Waals surface area contributed by atoms with Gasteiger partial charge in [0, 0.05) is 10.0 Å². The summed E-state index contributed by atoms with van der Waals surface area (Å²) in [7, 11) is 1.32. The first-order valence-corrected chi connectivity index (χ1v) is 4.77. The van der Waals surface area contributed by atoms with E-state index in [-0.39, 0.29) is 18.0 Å². The van der Waals surface area contributed by atoms with Gasteiger partial charge in [-0.1, -0.05) is 15.9 Å². The Hall–Kier alpha value is -1.22. The van der Waals surface area contributed by atoms with Crippen molar-refractivity contribution in [2.24, 2.45) is 0 Å². The first-order valence-electron chi connectivity index (χ1n) is 3.98. The van der Waals surface area contributed by atoms with Gasteiger partial charge in [-0.25, -0.2) is 13.8 Å². The molecule has 0 aliphatic heterocycles. The lowest BCUT2D eigenvalue weighted by atomic mass is 10.2. The standard InChI is InChI=1S/C9H7BrF2N2O/c1-15-9-5(2-3-13)6(10)4-7(14-9)8(11)12/h4,8H,2H2,1H3. The van der Waals surface area contributed by atoms with Crippen molar-refractivity contribution in [1.82, 2.24) is 4.98 Å². The summed E-state index contributed by atoms with van der Waals surface area (Å²) in [5.74, 6) is 0.0567. The van der Waals surface area contributed by atoms with Crippen LogP contribution in [0.25, 0.3) is 0 Å². The molecule has 6 heteroatoms. The summed E-state index contributed by atoms with van der Waals surface area (Å²) in [6.45, 7) is 0. The lowest BCUT2D eigenvalue weighted by Gasteiger charge is -2.09. The van der Waals surface area contributed by atoms with Crippen molar-refractivity contribution in [3.8, 4) is 11.9 Å². The first kappa shape index (κ1) is 11.9. The highest BCUT2D eigenvalue weighted by Crippen LogP contribution is 2.30. The van der Waals surface area contributed by atoms with Gasteiger partial charge in [0.15, 0.2) is 0 Å². The van der Waals surface area contributed by atoms with Crippen LogP contribution in [-0.2, 0) is 6.42 Å². The van der Waals surface area contributed by atoms with Crippen molar-refractivity contribution in [2.75, 3.05) is 7.11 Å². The Morgan fingerprint density at radius 3 is 2.80 bits per heavy atom. The van der Waals surface area contributed by atoms with Crippen molar-refractivity contribution in [2.45, 2.75) is 12.8 Å². The van der Waals surface area contributed by atoms with E-state index >= 15 is 0 Å². The molecule has 1 aromatic heterocycles. The van der Waals surface area contributed by atoms with Crippen LogP contribution in [0.2, 0.25) is 0 Å². The van der Waals surface area contributed by atoms with E-state index in [0.717, 1.165) is 0 Å². The van der Waals surface area contributed by atoms with Crippen LogP contribution >= 0.6 is 15.9 Å². The predicted octanol–water partition coefficient (Wildman–Crippen LogP) is 2.86. The second kappa shape index (κ2) is 5.03. The Kier molecular flexibility index (Phi) is 3.97. The molecule has 80 valence electrons. The molecule has 0 unspecified atom stereocenters. The van der Waals surface area contributed by atoms with E-state index in [9.17, 15) is 8.78 Å². The van der Waals surface area contributed by atoms with Crippen LogP contribution in [0.5, 0.6) is 5.88 Å². The Morgan fingerprint density at radius 2 is 2.33 bits per heavy atom. The van der Waals surface area contributed by atoms with E-state index in [1.165, 1.54) is 13.2 Å². The molecule has 1 aromatic rings. The van der Waals surface area contributed by atoms with E-state index in [2.05, 4.69) is 20.9 Å². The van der Waals surface area contributed by atoms with E-state index in [1.807, 2.05) is 6.07 Å². The fourth-order valence-electron chi connectivity index (χ4n) is 1.06. The number of nitrogens with zero attached hydrogens (tertiary/aromatic N) is 2. The topological polar surface area (TPSA) is 45.9 Å². The second-order valence-corrected chi connectivity index (χ2v) is 3.51. The van der Waals surface area contributed by atoms with E-state index in [0.29, 0.717) is 10.0 Å². The third-order valence-electron chi connectivity index (χ3n) is 1.72. The average molecular weight is 277 g/mol. The number of nitriles is 1. The number of ether oxygens (including phenoxy) is 1. The Labute approximate surface area is 93.8 Å². The molecule has 0 atom stereocenters. The van der Waals surface area contributed by atoms with Gasteiger partial charge in [-0.15, -0.1) is 0 Å². The normalized spacial score (nSPS) is 10.1. The molecule has 0 aliphatic rings. The average Bonchev–Trinajstić information content (AvgIpc) is 2.20. The van der Waals surface area contributed by atoms with E-state index in [1.54, 1.807) is 0 Å². The molecule has 0 saturated heterocycles. The number of methoxy groups -OCH3 is 1. The molecule has 0 bridgehead atoms. The lowest BCUT2D eigenvalue weighted by Crippen LogP contribution is -2.00. The number of hydrogen-bond donors (Lipinski definition) is 0. The van der Waals surface area contributed by atoms with Crippen LogP contribution in [0.15, 0.2) is 10.5 Å². The zero-order chi connectivity index (χ0) is 11.4. The van der Waals surface area contributed by atoms with Crippen molar-refractivity contribution in [1.29, 1.82) is 5.26 Å². The lowest BCUT2D eigenvalue weighted by molar-refractivity contribution is 0.145. The maximum absolute atomic E-state index is 12.4. The molecule has 0 radical (unpaired) electrons. The number of rotatable bonds is 3. The monoisotopic (exact) mass is 276 g/mol. The summed E-state index contributed by atoms with van der Waals surface area (Å²) in [4.78, 5) is 3.62. The second-order valence-electron chi connectivity index (χ2n) is 2.65. The highest BCUT2D eigenvalue weighted by molar-refractivity contribution is 9.10. The van der Waals surface area contributed by atoms with Crippen molar-refractivity contribution in [3.63, 3.8) is 0 Å². The van der Waals surface area contributed by atoms with Crippen LogP contribution in [0.3, 0.4) is 0 Å². The minimum Gasteiger partial charge on any atom is -0.481 e. The largest absolute Gasteiger partial charge is 0.481 e. The maximum atomic E-state index is 12.4. The quantitative estimate of drug-likeness (QED) is 0.853. The number of aromatic nitrogens is 1. The van der Waals surface area contributed by atoms with Gasteiger partial charge in [0.1, 0.15) is 5.69 Å². The number of hydrogen-bond acceptors (Lipinski definition) is 3. The SMILES string of the molecule is COc1nc(C(F)F)cc(Br)c1CC#N. The van der Waals surface area contributed by atoms with Gasteiger partial charge in [0.05, 0.1) is 19.6 Å². The Bertz CT molecular complexity index is 404. The zero-order valence-electron chi connectivity index (χ0n) is 7.80. The molecule has 0 spiro atoms. The summed E-state index contributed by atoms with van der Waals surface area (Å²) in [5.41, 5.74) is 0.102. The predicted molar refractivity (Wildman–Crippen MR) is 52.8 cm³/mol. The molecule has 15 heavy (non-hydrogen) atoms. The smallest absolute Gasteiger partial charge is 0.280 e. The number of pyridine rings is 1. The van der Waals surface area contributed by atoms with Crippen molar-refractivity contribution in [3.05, 3.63) is 21.8 Å². The third kappa shape index (κ3) is 2.63. The highest BCUT2D eigenvalue weighted by Gasteiger charge is 2.16. The molecule has 0 fully saturated rings. The highest BCUT2D eigenvalue weighted by atomic mass is 79.9. The third-order valence-corrected chi connectivity index (χ3v) is 2.43. The van der Waals surface area contributed by atoms with Crippen molar-refractivity contribution >= 4 is 15.9 Å². The number of halogens is 3.